The Labute approximate surface area is 157 Å². The summed E-state index contributed by atoms with van der Waals surface area (Å²) in [6.07, 6.45) is 0.246. The van der Waals surface area contributed by atoms with Crippen molar-refractivity contribution in [3.8, 4) is 17.2 Å². The van der Waals surface area contributed by atoms with Gasteiger partial charge in [0.15, 0.2) is 11.5 Å². The van der Waals surface area contributed by atoms with Crippen molar-refractivity contribution in [3.05, 3.63) is 47.0 Å². The highest BCUT2D eigenvalue weighted by Crippen LogP contribution is 2.51. The van der Waals surface area contributed by atoms with Gasteiger partial charge in [0.25, 0.3) is 0 Å². The van der Waals surface area contributed by atoms with Gasteiger partial charge < -0.3 is 24.3 Å². The predicted molar refractivity (Wildman–Crippen MR) is 99.0 cm³/mol. The number of fused-ring (bicyclic) bond motifs is 1. The highest BCUT2D eigenvalue weighted by molar-refractivity contribution is 5.97. The molecule has 0 aromatic heterocycles. The lowest BCUT2D eigenvalue weighted by Crippen LogP contribution is -2.24. The van der Waals surface area contributed by atoms with Crippen LogP contribution in [0.4, 0.5) is 5.69 Å². The number of amides is 1. The Morgan fingerprint density at radius 1 is 1.00 bits per heavy atom. The molecule has 1 N–H and O–H groups in total. The fourth-order valence-corrected chi connectivity index (χ4v) is 3.37. The van der Waals surface area contributed by atoms with Gasteiger partial charge in [-0.3, -0.25) is 4.79 Å². The van der Waals surface area contributed by atoms with E-state index in [0.29, 0.717) is 28.5 Å². The first-order valence-corrected chi connectivity index (χ1v) is 8.35. The van der Waals surface area contributed by atoms with Crippen molar-refractivity contribution in [3.63, 3.8) is 0 Å². The molecule has 1 aliphatic heterocycles. The molecule has 1 heterocycles. The minimum absolute atomic E-state index is 0.112. The summed E-state index contributed by atoms with van der Waals surface area (Å²) in [6.45, 7) is 0. The second-order valence-corrected chi connectivity index (χ2v) is 6.03. The van der Waals surface area contributed by atoms with Gasteiger partial charge in [-0.1, -0.05) is 12.1 Å². The summed E-state index contributed by atoms with van der Waals surface area (Å²) in [7, 11) is 5.94. The highest BCUT2D eigenvalue weighted by atomic mass is 16.5. The Bertz CT molecular complexity index is 875. The van der Waals surface area contributed by atoms with Crippen LogP contribution in [0.3, 0.4) is 0 Å². The maximum absolute atomic E-state index is 12.3. The Morgan fingerprint density at radius 3 is 2.22 bits per heavy atom. The van der Waals surface area contributed by atoms with Gasteiger partial charge in [-0.15, -0.1) is 0 Å². The molecule has 0 saturated carbocycles. The van der Waals surface area contributed by atoms with Crippen LogP contribution in [0.25, 0.3) is 0 Å². The van der Waals surface area contributed by atoms with Crippen molar-refractivity contribution in [1.29, 1.82) is 0 Å². The van der Waals surface area contributed by atoms with E-state index in [-0.39, 0.29) is 18.2 Å². The number of esters is 1. The summed E-state index contributed by atoms with van der Waals surface area (Å²) in [4.78, 5) is 24.0. The second-order valence-electron chi connectivity index (χ2n) is 6.03. The summed E-state index contributed by atoms with van der Waals surface area (Å²) in [5, 5.41) is 2.87. The average molecular weight is 371 g/mol. The first kappa shape index (κ1) is 18.6. The summed E-state index contributed by atoms with van der Waals surface area (Å²) in [5.41, 5.74) is 2.74. The van der Waals surface area contributed by atoms with Gasteiger partial charge in [0.1, 0.15) is 0 Å². The molecule has 0 spiro atoms. The van der Waals surface area contributed by atoms with E-state index in [2.05, 4.69) is 5.32 Å². The number of ether oxygens (including phenoxy) is 4. The quantitative estimate of drug-likeness (QED) is 0.814. The van der Waals surface area contributed by atoms with Gasteiger partial charge in [-0.25, -0.2) is 4.79 Å². The number of benzene rings is 2. The van der Waals surface area contributed by atoms with E-state index in [4.69, 9.17) is 18.9 Å². The van der Waals surface area contributed by atoms with Crippen LogP contribution in [0.1, 0.15) is 33.8 Å². The Morgan fingerprint density at radius 2 is 1.67 bits per heavy atom. The number of carbonyl (C=O) groups excluding carboxylic acids is 2. The van der Waals surface area contributed by atoms with E-state index in [9.17, 15) is 9.59 Å². The Kier molecular flexibility index (Phi) is 5.21. The van der Waals surface area contributed by atoms with E-state index in [1.807, 2.05) is 12.1 Å². The molecule has 1 atom stereocenters. The molecule has 27 heavy (non-hydrogen) atoms. The number of methoxy groups -OCH3 is 4. The molecule has 0 aliphatic carbocycles. The van der Waals surface area contributed by atoms with Gasteiger partial charge in [0.05, 0.1) is 39.7 Å². The number of rotatable bonds is 5. The molecule has 7 nitrogen and oxygen atoms in total. The van der Waals surface area contributed by atoms with Crippen LogP contribution in [0.5, 0.6) is 17.2 Å². The monoisotopic (exact) mass is 371 g/mol. The minimum Gasteiger partial charge on any atom is -0.493 e. The van der Waals surface area contributed by atoms with Gasteiger partial charge >= 0.3 is 5.97 Å². The first-order chi connectivity index (χ1) is 13.0. The molecule has 1 amide bonds. The van der Waals surface area contributed by atoms with Crippen molar-refractivity contribution < 1.29 is 28.5 Å². The smallest absolute Gasteiger partial charge is 0.337 e. The third kappa shape index (κ3) is 3.28. The number of carbonyl (C=O) groups is 2. The fourth-order valence-electron chi connectivity index (χ4n) is 3.37. The maximum atomic E-state index is 12.3. The number of anilines is 1. The molecule has 0 bridgehead atoms. The van der Waals surface area contributed by atoms with E-state index < -0.39 is 5.97 Å². The molecular weight excluding hydrogens is 350 g/mol. The molecule has 2 aromatic carbocycles. The molecular formula is C20H21NO6. The molecule has 1 aliphatic rings. The average Bonchev–Trinajstić information content (AvgIpc) is 2.70. The molecule has 0 saturated heterocycles. The van der Waals surface area contributed by atoms with E-state index in [1.54, 1.807) is 25.3 Å². The number of hydrogen-bond donors (Lipinski definition) is 1. The zero-order valence-corrected chi connectivity index (χ0v) is 15.6. The molecule has 3 rings (SSSR count). The zero-order chi connectivity index (χ0) is 19.6. The van der Waals surface area contributed by atoms with Crippen LogP contribution < -0.4 is 19.5 Å². The van der Waals surface area contributed by atoms with E-state index >= 15 is 0 Å². The largest absolute Gasteiger partial charge is 0.493 e. The molecule has 0 unspecified atom stereocenters. The summed E-state index contributed by atoms with van der Waals surface area (Å²) in [5.74, 6) is 0.663. The Hall–Kier alpha value is -3.22. The van der Waals surface area contributed by atoms with Crippen LogP contribution in [-0.4, -0.2) is 40.3 Å². The predicted octanol–water partition coefficient (Wildman–Crippen LogP) is 2.97. The van der Waals surface area contributed by atoms with Crippen LogP contribution in [0.2, 0.25) is 0 Å². The minimum atomic E-state index is -0.410. The second kappa shape index (κ2) is 7.57. The highest BCUT2D eigenvalue weighted by Gasteiger charge is 2.33. The fraction of sp³-hybridized carbons (Fsp3) is 0.300. The van der Waals surface area contributed by atoms with Crippen LogP contribution in [-0.2, 0) is 9.53 Å². The number of nitrogens with one attached hydrogen (secondary N) is 1. The Balaban J connectivity index is 2.14. The van der Waals surface area contributed by atoms with Gasteiger partial charge in [-0.2, -0.15) is 0 Å². The topological polar surface area (TPSA) is 83.1 Å². The number of hydrogen-bond acceptors (Lipinski definition) is 6. The molecule has 0 fully saturated rings. The SMILES string of the molecule is COC(=O)c1ccc([C@H]2CC(=O)Nc3cc(OC)c(OC)c(OC)c32)cc1. The van der Waals surface area contributed by atoms with E-state index in [0.717, 1.165) is 11.1 Å². The van der Waals surface area contributed by atoms with Crippen molar-refractivity contribution in [1.82, 2.24) is 0 Å². The van der Waals surface area contributed by atoms with Gasteiger partial charge in [0, 0.05) is 24.0 Å². The standard InChI is InChI=1S/C20H21NO6/c1-24-15-10-14-17(19(26-3)18(15)25-2)13(9-16(22)21-14)11-5-7-12(8-6-11)20(23)27-4/h5-8,10,13H,9H2,1-4H3,(H,21,22)/t13-/m1/s1. The third-order valence-electron chi connectivity index (χ3n) is 4.61. The molecule has 142 valence electrons. The van der Waals surface area contributed by atoms with Crippen LogP contribution in [0.15, 0.2) is 30.3 Å². The van der Waals surface area contributed by atoms with Gasteiger partial charge in [0.2, 0.25) is 11.7 Å². The van der Waals surface area contributed by atoms with E-state index in [1.165, 1.54) is 21.3 Å². The molecule has 2 aromatic rings. The van der Waals surface area contributed by atoms with Crippen LogP contribution >= 0.6 is 0 Å². The first-order valence-electron chi connectivity index (χ1n) is 8.35. The lowest BCUT2D eigenvalue weighted by molar-refractivity contribution is -0.116. The van der Waals surface area contributed by atoms with Crippen molar-refractivity contribution in [2.45, 2.75) is 12.3 Å². The van der Waals surface area contributed by atoms with Crippen LogP contribution in [0, 0.1) is 0 Å². The van der Waals surface area contributed by atoms with Crippen molar-refractivity contribution >= 4 is 17.6 Å². The zero-order valence-electron chi connectivity index (χ0n) is 15.6. The summed E-state index contributed by atoms with van der Waals surface area (Å²) >= 11 is 0. The lowest BCUT2D eigenvalue weighted by atomic mass is 9.83. The van der Waals surface area contributed by atoms with Crippen molar-refractivity contribution in [2.24, 2.45) is 0 Å². The van der Waals surface area contributed by atoms with Crippen molar-refractivity contribution in [2.75, 3.05) is 33.8 Å². The molecule has 7 heteroatoms. The molecule has 0 radical (unpaired) electrons. The summed E-state index contributed by atoms with van der Waals surface area (Å²) in [6, 6.07) is 8.72. The maximum Gasteiger partial charge on any atom is 0.337 e. The summed E-state index contributed by atoms with van der Waals surface area (Å²) < 4.78 is 21.2. The lowest BCUT2D eigenvalue weighted by Gasteiger charge is -2.29. The third-order valence-corrected chi connectivity index (χ3v) is 4.61. The van der Waals surface area contributed by atoms with Gasteiger partial charge in [-0.05, 0) is 17.7 Å². The normalized spacial score (nSPS) is 15.4.